The largest absolute Gasteiger partial charge is 0.325 e. The highest BCUT2D eigenvalue weighted by molar-refractivity contribution is 7.99. The van der Waals surface area contributed by atoms with Crippen LogP contribution in [-0.2, 0) is 4.79 Å². The summed E-state index contributed by atoms with van der Waals surface area (Å²) in [7, 11) is 0. The van der Waals surface area contributed by atoms with Crippen LogP contribution in [0.15, 0.2) is 90.1 Å². The monoisotopic (exact) mass is 400 g/mol. The lowest BCUT2D eigenvalue weighted by Gasteiger charge is -2.11. The van der Waals surface area contributed by atoms with Crippen molar-refractivity contribution in [2.75, 3.05) is 11.1 Å². The van der Waals surface area contributed by atoms with Crippen molar-refractivity contribution in [3.63, 3.8) is 0 Å². The summed E-state index contributed by atoms with van der Waals surface area (Å²) in [5, 5.41) is 12.4. The summed E-state index contributed by atoms with van der Waals surface area (Å²) in [4.78, 5) is 12.4. The molecular formula is C23H20N4OS. The lowest BCUT2D eigenvalue weighted by atomic mass is 10.1. The fourth-order valence-corrected chi connectivity index (χ4v) is 3.77. The van der Waals surface area contributed by atoms with E-state index in [4.69, 9.17) is 0 Å². The first-order valence-electron chi connectivity index (χ1n) is 9.27. The third-order valence-corrected chi connectivity index (χ3v) is 5.35. The first-order chi connectivity index (χ1) is 14.2. The van der Waals surface area contributed by atoms with Gasteiger partial charge in [0, 0.05) is 16.9 Å². The Morgan fingerprint density at radius 3 is 2.28 bits per heavy atom. The zero-order chi connectivity index (χ0) is 20.1. The Labute approximate surface area is 173 Å². The van der Waals surface area contributed by atoms with Gasteiger partial charge in [-0.15, -0.1) is 10.2 Å². The maximum absolute atomic E-state index is 12.4. The quantitative estimate of drug-likeness (QED) is 0.464. The lowest BCUT2D eigenvalue weighted by molar-refractivity contribution is -0.113. The number of carbonyl (C=O) groups excluding carboxylic acids is 1. The van der Waals surface area contributed by atoms with Gasteiger partial charge in [-0.05, 0) is 36.8 Å². The number of rotatable bonds is 6. The zero-order valence-corrected chi connectivity index (χ0v) is 16.8. The van der Waals surface area contributed by atoms with Crippen molar-refractivity contribution in [2.45, 2.75) is 12.1 Å². The summed E-state index contributed by atoms with van der Waals surface area (Å²) in [6.45, 7) is 2.06. The molecule has 0 saturated carbocycles. The highest BCUT2D eigenvalue weighted by Crippen LogP contribution is 2.29. The van der Waals surface area contributed by atoms with Gasteiger partial charge in [0.05, 0.1) is 5.75 Å². The number of benzene rings is 3. The molecule has 0 aliphatic heterocycles. The van der Waals surface area contributed by atoms with E-state index in [1.165, 1.54) is 11.8 Å². The van der Waals surface area contributed by atoms with Crippen LogP contribution < -0.4 is 5.32 Å². The number of para-hydroxylation sites is 2. The van der Waals surface area contributed by atoms with E-state index >= 15 is 0 Å². The normalized spacial score (nSPS) is 10.7. The van der Waals surface area contributed by atoms with Crippen molar-refractivity contribution in [3.8, 4) is 17.1 Å². The third kappa shape index (κ3) is 4.38. The van der Waals surface area contributed by atoms with Gasteiger partial charge in [-0.2, -0.15) is 0 Å². The average molecular weight is 401 g/mol. The molecule has 6 heteroatoms. The van der Waals surface area contributed by atoms with Gasteiger partial charge in [-0.25, -0.2) is 0 Å². The second-order valence-corrected chi connectivity index (χ2v) is 7.44. The molecule has 4 rings (SSSR count). The van der Waals surface area contributed by atoms with Crippen LogP contribution >= 0.6 is 11.8 Å². The minimum Gasteiger partial charge on any atom is -0.325 e. The predicted molar refractivity (Wildman–Crippen MR) is 117 cm³/mol. The molecule has 0 aliphatic carbocycles. The van der Waals surface area contributed by atoms with Crippen molar-refractivity contribution in [3.05, 3.63) is 90.5 Å². The molecular weight excluding hydrogens is 380 g/mol. The zero-order valence-electron chi connectivity index (χ0n) is 15.9. The van der Waals surface area contributed by atoms with Gasteiger partial charge >= 0.3 is 0 Å². The van der Waals surface area contributed by atoms with E-state index in [0.29, 0.717) is 5.16 Å². The molecule has 1 amide bonds. The van der Waals surface area contributed by atoms with Crippen molar-refractivity contribution in [1.82, 2.24) is 14.8 Å². The molecule has 4 aromatic rings. The van der Waals surface area contributed by atoms with Gasteiger partial charge < -0.3 is 5.32 Å². The van der Waals surface area contributed by atoms with E-state index in [1.54, 1.807) is 0 Å². The van der Waals surface area contributed by atoms with Crippen LogP contribution in [0.5, 0.6) is 0 Å². The van der Waals surface area contributed by atoms with Crippen molar-refractivity contribution >= 4 is 23.4 Å². The van der Waals surface area contributed by atoms with Gasteiger partial charge in [0.25, 0.3) is 0 Å². The number of nitrogens with one attached hydrogen (secondary N) is 1. The van der Waals surface area contributed by atoms with Crippen molar-refractivity contribution in [1.29, 1.82) is 0 Å². The van der Waals surface area contributed by atoms with Gasteiger partial charge in [0.2, 0.25) is 5.91 Å². The molecule has 1 aromatic heterocycles. The molecule has 0 fully saturated rings. The molecule has 5 nitrogen and oxygen atoms in total. The molecule has 3 aromatic carbocycles. The molecule has 0 radical (unpaired) electrons. The number of nitrogens with zero attached hydrogens (tertiary/aromatic N) is 3. The Morgan fingerprint density at radius 2 is 1.55 bits per heavy atom. The second kappa shape index (κ2) is 8.75. The van der Waals surface area contributed by atoms with E-state index in [1.807, 2.05) is 83.4 Å². The Kier molecular flexibility index (Phi) is 5.72. The Hall–Kier alpha value is -3.38. The summed E-state index contributed by atoms with van der Waals surface area (Å²) in [6.07, 6.45) is 0. The van der Waals surface area contributed by atoms with Crippen LogP contribution in [0.2, 0.25) is 0 Å². The predicted octanol–water partition coefficient (Wildman–Crippen LogP) is 4.97. The summed E-state index contributed by atoms with van der Waals surface area (Å²) in [5.74, 6) is 0.926. The van der Waals surface area contributed by atoms with Crippen LogP contribution in [-0.4, -0.2) is 26.4 Å². The number of amides is 1. The average Bonchev–Trinajstić information content (AvgIpc) is 3.18. The Morgan fingerprint density at radius 1 is 0.897 bits per heavy atom. The number of hydrogen-bond acceptors (Lipinski definition) is 4. The topological polar surface area (TPSA) is 59.8 Å². The number of aromatic nitrogens is 3. The van der Waals surface area contributed by atoms with Crippen LogP contribution in [0.1, 0.15) is 5.56 Å². The maximum atomic E-state index is 12.4. The highest BCUT2D eigenvalue weighted by atomic mass is 32.2. The van der Waals surface area contributed by atoms with E-state index < -0.39 is 0 Å². The van der Waals surface area contributed by atoms with E-state index in [0.717, 1.165) is 28.3 Å². The van der Waals surface area contributed by atoms with E-state index in [-0.39, 0.29) is 11.7 Å². The summed E-state index contributed by atoms with van der Waals surface area (Å²) in [6, 6.07) is 27.5. The number of hydrogen-bond donors (Lipinski definition) is 1. The smallest absolute Gasteiger partial charge is 0.234 e. The molecule has 0 bridgehead atoms. The molecule has 0 spiro atoms. The van der Waals surface area contributed by atoms with Crippen LogP contribution in [0, 0.1) is 6.92 Å². The molecule has 0 saturated heterocycles. The Balaban J connectivity index is 1.62. The number of thioether (sulfide) groups is 1. The molecule has 1 N–H and O–H groups in total. The van der Waals surface area contributed by atoms with E-state index in [9.17, 15) is 4.79 Å². The molecule has 0 atom stereocenters. The van der Waals surface area contributed by atoms with Crippen LogP contribution in [0.3, 0.4) is 0 Å². The lowest BCUT2D eigenvalue weighted by Crippen LogP contribution is -2.14. The molecule has 0 unspecified atom stereocenters. The third-order valence-electron chi connectivity index (χ3n) is 4.42. The number of aryl methyl sites for hydroxylation is 1. The maximum Gasteiger partial charge on any atom is 0.234 e. The number of carbonyl (C=O) groups is 1. The molecule has 29 heavy (non-hydrogen) atoms. The van der Waals surface area contributed by atoms with Crippen LogP contribution in [0.4, 0.5) is 5.69 Å². The fraction of sp³-hybridized carbons (Fsp3) is 0.0870. The van der Waals surface area contributed by atoms with Crippen molar-refractivity contribution in [2.24, 2.45) is 0 Å². The summed E-state index contributed by atoms with van der Waals surface area (Å²) >= 11 is 1.37. The van der Waals surface area contributed by atoms with Crippen molar-refractivity contribution < 1.29 is 4.79 Å². The first-order valence-corrected chi connectivity index (χ1v) is 10.3. The van der Waals surface area contributed by atoms with Crippen LogP contribution in [0.25, 0.3) is 17.1 Å². The fourth-order valence-electron chi connectivity index (χ4n) is 3.02. The SMILES string of the molecule is Cc1ccccc1-c1nnc(SCC(=O)Nc2ccccc2)n1-c1ccccc1. The molecule has 1 heterocycles. The van der Waals surface area contributed by atoms with Gasteiger partial charge in [0.1, 0.15) is 0 Å². The van der Waals surface area contributed by atoms with Gasteiger partial charge in [-0.1, -0.05) is 72.4 Å². The molecule has 0 aliphatic rings. The first kappa shape index (κ1) is 19.0. The van der Waals surface area contributed by atoms with E-state index in [2.05, 4.69) is 28.5 Å². The molecule has 144 valence electrons. The minimum atomic E-state index is -0.0822. The number of anilines is 1. The minimum absolute atomic E-state index is 0.0822. The van der Waals surface area contributed by atoms with Gasteiger partial charge in [0.15, 0.2) is 11.0 Å². The summed E-state index contributed by atoms with van der Waals surface area (Å²) < 4.78 is 2.00. The highest BCUT2D eigenvalue weighted by Gasteiger charge is 2.18. The van der Waals surface area contributed by atoms with Gasteiger partial charge in [-0.3, -0.25) is 9.36 Å². The summed E-state index contributed by atoms with van der Waals surface area (Å²) in [5.41, 5.74) is 3.88. The second-order valence-electron chi connectivity index (χ2n) is 6.49. The standard InChI is InChI=1S/C23H20N4OS/c1-17-10-8-9-15-20(17)22-25-26-23(27(22)19-13-6-3-7-14-19)29-16-21(28)24-18-11-4-2-5-12-18/h2-15H,16H2,1H3,(H,24,28). The Bertz CT molecular complexity index is 1110.